The molecule has 4 rings (SSSR count). The van der Waals surface area contributed by atoms with Crippen LogP contribution in [-0.4, -0.2) is 15.5 Å². The molecule has 1 heterocycles. The van der Waals surface area contributed by atoms with E-state index in [2.05, 4.69) is 15.8 Å². The molecule has 1 aliphatic carbocycles. The average Bonchev–Trinajstić information content (AvgIpc) is 2.66. The number of carbonyl (C=O) groups excluding carboxylic acids is 1. The predicted octanol–water partition coefficient (Wildman–Crippen LogP) is 3.12. The van der Waals surface area contributed by atoms with Gasteiger partial charge >= 0.3 is 0 Å². The van der Waals surface area contributed by atoms with Crippen LogP contribution in [0, 0.1) is 5.82 Å². The number of para-hydroxylation sites is 1. The molecular formula is C21H21FN4O2. The summed E-state index contributed by atoms with van der Waals surface area (Å²) in [6, 6.07) is 13.2. The van der Waals surface area contributed by atoms with Gasteiger partial charge in [0.15, 0.2) is 0 Å². The first-order valence-electron chi connectivity index (χ1n) is 9.37. The molecule has 2 N–H and O–H groups in total. The molecule has 0 atom stereocenters. The van der Waals surface area contributed by atoms with Gasteiger partial charge in [0, 0.05) is 6.54 Å². The number of hydrazine groups is 1. The van der Waals surface area contributed by atoms with Crippen molar-refractivity contribution in [3.8, 4) is 0 Å². The van der Waals surface area contributed by atoms with Gasteiger partial charge in [-0.25, -0.2) is 9.37 Å². The van der Waals surface area contributed by atoms with Crippen molar-refractivity contribution >= 4 is 22.8 Å². The molecule has 1 amide bonds. The Morgan fingerprint density at radius 2 is 2.00 bits per heavy atom. The largest absolute Gasteiger partial charge is 0.277 e. The zero-order valence-corrected chi connectivity index (χ0v) is 15.5. The fourth-order valence-electron chi connectivity index (χ4n) is 3.75. The van der Waals surface area contributed by atoms with Crippen molar-refractivity contribution < 1.29 is 9.18 Å². The summed E-state index contributed by atoms with van der Waals surface area (Å²) in [5.41, 5.74) is 5.79. The van der Waals surface area contributed by atoms with Crippen molar-refractivity contribution in [3.63, 3.8) is 0 Å². The van der Waals surface area contributed by atoms with E-state index in [4.69, 9.17) is 0 Å². The van der Waals surface area contributed by atoms with E-state index in [1.54, 1.807) is 36.4 Å². The number of amides is 1. The second kappa shape index (κ2) is 7.07. The summed E-state index contributed by atoms with van der Waals surface area (Å²) < 4.78 is 15.1. The fourth-order valence-corrected chi connectivity index (χ4v) is 3.75. The van der Waals surface area contributed by atoms with Gasteiger partial charge in [-0.2, -0.15) is 0 Å². The lowest BCUT2D eigenvalue weighted by Crippen LogP contribution is -2.51. The number of fused-ring (bicyclic) bond motifs is 1. The highest BCUT2D eigenvalue weighted by atomic mass is 19.1. The van der Waals surface area contributed by atoms with E-state index in [9.17, 15) is 14.0 Å². The molecule has 1 aromatic heterocycles. The normalized spacial score (nSPS) is 15.1. The van der Waals surface area contributed by atoms with E-state index < -0.39 is 5.41 Å². The summed E-state index contributed by atoms with van der Waals surface area (Å²) in [7, 11) is 0. The molecule has 0 aliphatic heterocycles. The minimum atomic E-state index is -0.761. The van der Waals surface area contributed by atoms with E-state index in [1.807, 2.05) is 6.92 Å². The van der Waals surface area contributed by atoms with Crippen LogP contribution in [0.2, 0.25) is 0 Å². The Morgan fingerprint density at radius 1 is 1.21 bits per heavy atom. The summed E-state index contributed by atoms with van der Waals surface area (Å²) in [5, 5.41) is 0.524. The third kappa shape index (κ3) is 2.93. The number of carbonyl (C=O) groups is 1. The Labute approximate surface area is 161 Å². The van der Waals surface area contributed by atoms with Crippen molar-refractivity contribution in [2.24, 2.45) is 0 Å². The van der Waals surface area contributed by atoms with Gasteiger partial charge < -0.3 is 0 Å². The van der Waals surface area contributed by atoms with E-state index >= 15 is 0 Å². The molecule has 28 heavy (non-hydrogen) atoms. The summed E-state index contributed by atoms with van der Waals surface area (Å²) >= 11 is 0. The minimum Gasteiger partial charge on any atom is -0.277 e. The van der Waals surface area contributed by atoms with E-state index in [-0.39, 0.29) is 23.2 Å². The van der Waals surface area contributed by atoms with Crippen LogP contribution in [0.1, 0.15) is 31.7 Å². The number of nitrogens with zero attached hydrogens (tertiary/aromatic N) is 2. The van der Waals surface area contributed by atoms with E-state index in [0.717, 1.165) is 6.42 Å². The van der Waals surface area contributed by atoms with Crippen molar-refractivity contribution in [3.05, 3.63) is 70.3 Å². The number of anilines is 1. The highest BCUT2D eigenvalue weighted by Crippen LogP contribution is 2.44. The number of hydrogen-bond donors (Lipinski definition) is 2. The summed E-state index contributed by atoms with van der Waals surface area (Å²) in [6.45, 7) is 2.24. The molecule has 1 fully saturated rings. The molecule has 6 nitrogen and oxygen atoms in total. The van der Waals surface area contributed by atoms with Crippen molar-refractivity contribution in [2.45, 2.75) is 38.1 Å². The molecule has 7 heteroatoms. The molecule has 0 unspecified atom stereocenters. The van der Waals surface area contributed by atoms with Crippen molar-refractivity contribution in [2.75, 3.05) is 5.43 Å². The summed E-state index contributed by atoms with van der Waals surface area (Å²) in [5.74, 6) is -0.344. The maximum absolute atomic E-state index is 13.7. The average molecular weight is 380 g/mol. The SMILES string of the molecule is CCn1c(NNC(=O)C2(c3cccc(F)c3)CCC2)nc2ccccc2c1=O. The molecule has 1 saturated carbocycles. The standard InChI is InChI=1S/C21H21FN4O2/c1-2-26-18(27)16-9-3-4-10-17(16)23-20(26)25-24-19(28)21(11-6-12-21)14-7-5-8-15(22)13-14/h3-5,7-10,13H,2,6,11-12H2,1H3,(H,23,25)(H,24,28). The molecule has 3 aromatic rings. The quantitative estimate of drug-likeness (QED) is 0.667. The van der Waals surface area contributed by atoms with Crippen LogP contribution in [0.25, 0.3) is 10.9 Å². The van der Waals surface area contributed by atoms with Gasteiger partial charge in [-0.3, -0.25) is 25.0 Å². The van der Waals surface area contributed by atoms with Gasteiger partial charge in [0.05, 0.1) is 16.3 Å². The Bertz CT molecular complexity index is 1110. The molecule has 0 radical (unpaired) electrons. The molecule has 0 saturated heterocycles. The third-order valence-corrected chi connectivity index (χ3v) is 5.48. The molecular weight excluding hydrogens is 359 g/mol. The second-order valence-corrected chi connectivity index (χ2v) is 7.03. The number of halogens is 1. The van der Waals surface area contributed by atoms with Gasteiger partial charge in [0.1, 0.15) is 5.82 Å². The first-order chi connectivity index (χ1) is 13.5. The molecule has 144 valence electrons. The smallest absolute Gasteiger partial charge is 0.262 e. The van der Waals surface area contributed by atoms with Gasteiger partial charge in [-0.1, -0.05) is 30.7 Å². The van der Waals surface area contributed by atoms with Crippen molar-refractivity contribution in [1.82, 2.24) is 15.0 Å². The summed E-state index contributed by atoms with van der Waals surface area (Å²) in [6.07, 6.45) is 2.20. The highest BCUT2D eigenvalue weighted by molar-refractivity contribution is 5.90. The van der Waals surface area contributed by atoms with Crippen LogP contribution in [-0.2, 0) is 16.8 Å². The molecule has 2 aromatic carbocycles. The van der Waals surface area contributed by atoms with Crippen LogP contribution in [0.4, 0.5) is 10.3 Å². The predicted molar refractivity (Wildman–Crippen MR) is 105 cm³/mol. The lowest BCUT2D eigenvalue weighted by molar-refractivity contribution is -0.129. The fraction of sp³-hybridized carbons (Fsp3) is 0.286. The zero-order valence-electron chi connectivity index (χ0n) is 15.5. The maximum Gasteiger partial charge on any atom is 0.262 e. The van der Waals surface area contributed by atoms with Crippen LogP contribution in [0.3, 0.4) is 0 Å². The molecule has 0 bridgehead atoms. The second-order valence-electron chi connectivity index (χ2n) is 7.03. The van der Waals surface area contributed by atoms with Crippen LogP contribution < -0.4 is 16.4 Å². The van der Waals surface area contributed by atoms with Crippen LogP contribution in [0.15, 0.2) is 53.3 Å². The van der Waals surface area contributed by atoms with Gasteiger partial charge in [-0.15, -0.1) is 0 Å². The Morgan fingerprint density at radius 3 is 2.68 bits per heavy atom. The van der Waals surface area contributed by atoms with Crippen LogP contribution >= 0.6 is 0 Å². The highest BCUT2D eigenvalue weighted by Gasteiger charge is 2.45. The minimum absolute atomic E-state index is 0.173. The third-order valence-electron chi connectivity index (χ3n) is 5.48. The number of nitrogens with one attached hydrogen (secondary N) is 2. The Hall–Kier alpha value is -3.22. The van der Waals surface area contributed by atoms with Crippen LogP contribution in [0.5, 0.6) is 0 Å². The number of hydrogen-bond acceptors (Lipinski definition) is 4. The van der Waals surface area contributed by atoms with E-state index in [1.165, 1.54) is 16.7 Å². The number of rotatable bonds is 5. The van der Waals surface area contributed by atoms with E-state index in [0.29, 0.717) is 35.9 Å². The van der Waals surface area contributed by atoms with Crippen molar-refractivity contribution in [1.29, 1.82) is 0 Å². The molecule has 1 aliphatic rings. The Kier molecular flexibility index (Phi) is 4.58. The number of aromatic nitrogens is 2. The first kappa shape index (κ1) is 18.2. The first-order valence-corrected chi connectivity index (χ1v) is 9.37. The Balaban J connectivity index is 1.62. The van der Waals surface area contributed by atoms with Gasteiger partial charge in [0.2, 0.25) is 11.9 Å². The zero-order chi connectivity index (χ0) is 19.7. The monoisotopic (exact) mass is 380 g/mol. The summed E-state index contributed by atoms with van der Waals surface area (Å²) in [4.78, 5) is 30.1. The van der Waals surface area contributed by atoms with Gasteiger partial charge in [-0.05, 0) is 49.6 Å². The number of benzene rings is 2. The topological polar surface area (TPSA) is 76.0 Å². The lowest BCUT2D eigenvalue weighted by atomic mass is 9.64. The molecule has 0 spiro atoms. The maximum atomic E-state index is 13.7. The van der Waals surface area contributed by atoms with Gasteiger partial charge in [0.25, 0.3) is 5.56 Å². The lowest BCUT2D eigenvalue weighted by Gasteiger charge is -2.40.